The van der Waals surface area contributed by atoms with Crippen molar-refractivity contribution in [3.63, 3.8) is 0 Å². The van der Waals surface area contributed by atoms with Gasteiger partial charge in [-0.2, -0.15) is 30.4 Å². The van der Waals surface area contributed by atoms with Crippen molar-refractivity contribution < 1.29 is 44.8 Å². The van der Waals surface area contributed by atoms with Gasteiger partial charge in [-0.15, -0.1) is 3.77 Å². The molecule has 6 nitrogen and oxygen atoms in total. The van der Waals surface area contributed by atoms with E-state index in [0.717, 1.165) is 22.3 Å². The number of allylic oxidation sites excluding steroid dienone is 4. The van der Waals surface area contributed by atoms with Crippen molar-refractivity contribution in [2.45, 2.75) is 93.1 Å². The minimum absolute atomic E-state index is 0.000770. The molecule has 6 rings (SSSR count). The number of aryl methyl sites for hydroxylation is 1. The Bertz CT molecular complexity index is 1800. The van der Waals surface area contributed by atoms with Crippen molar-refractivity contribution in [3.8, 4) is 0 Å². The summed E-state index contributed by atoms with van der Waals surface area (Å²) in [6.07, 6.45) is -3.36. The largest absolute Gasteiger partial charge is 0.456 e. The zero-order valence-electron chi connectivity index (χ0n) is 25.9. The third kappa shape index (κ3) is 5.64. The minimum Gasteiger partial charge on any atom is -0.383 e. The van der Waals surface area contributed by atoms with Crippen LogP contribution in [0.15, 0.2) is 80.0 Å². The molecule has 4 aliphatic carbocycles. The lowest BCUT2D eigenvalue weighted by Gasteiger charge is -2.56. The molecule has 47 heavy (non-hydrogen) atoms. The van der Waals surface area contributed by atoms with Crippen LogP contribution in [0.4, 0.5) is 22.0 Å². The van der Waals surface area contributed by atoms with E-state index in [4.69, 9.17) is 0 Å². The molecule has 2 unspecified atom stereocenters. The van der Waals surface area contributed by atoms with Crippen molar-refractivity contribution in [2.75, 3.05) is 0 Å². The Hall–Kier alpha value is -2.74. The van der Waals surface area contributed by atoms with Crippen LogP contribution in [0.2, 0.25) is 0 Å². The number of carbonyl (C=O) groups is 1. The third-order valence-electron chi connectivity index (χ3n) is 11.1. The van der Waals surface area contributed by atoms with Crippen LogP contribution in [0.1, 0.15) is 74.5 Å². The maximum absolute atomic E-state index is 15.2. The SMILES string of the molecule is Cc1ccc(S(=O)(=O)/N=[SH2](\O)Cc2ccc([C@H]3C[C@@]4(C)C(CC[C@]4(O)C(F)(F)C(F)(F)F)C4CCC5=CC(=O)CCC5=C43)cc2)cc1. The van der Waals surface area contributed by atoms with Gasteiger partial charge in [0.15, 0.2) is 5.78 Å². The zero-order chi connectivity index (χ0) is 34.2. The molecule has 2 fully saturated rings. The standard InChI is InChI=1S/C34H38F5NO5S2/c1-20-3-11-25(12-4-20)47(44,45)40-46(43)19-21-5-7-22(8-6-21)28-18-31(2)29(15-16-32(31,42)33(35,36)34(37,38)39)27-13-9-23-17-24(41)10-14-26(23)30(27)28/h3-8,11-12,17,27-29,42H,9-10,13-16,18-19,46H2,1-2H3,(H,40,43)/t27?,28-,29?,31+,32-/m1/s1. The van der Waals surface area contributed by atoms with Gasteiger partial charge in [-0.05, 0) is 97.8 Å². The molecule has 2 N–H and O–H groups in total. The molecule has 5 atom stereocenters. The van der Waals surface area contributed by atoms with E-state index in [9.17, 15) is 36.0 Å². The van der Waals surface area contributed by atoms with Gasteiger partial charge >= 0.3 is 12.1 Å². The first-order valence-corrected chi connectivity index (χ1v) is 18.7. The molecule has 0 aromatic heterocycles. The lowest BCUT2D eigenvalue weighted by molar-refractivity contribution is -0.362. The van der Waals surface area contributed by atoms with Crippen LogP contribution in [-0.2, 0) is 31.5 Å². The van der Waals surface area contributed by atoms with Crippen LogP contribution in [0.5, 0.6) is 0 Å². The number of carbonyl (C=O) groups excluding carboxylic acids is 1. The van der Waals surface area contributed by atoms with Crippen LogP contribution in [0.25, 0.3) is 0 Å². The van der Waals surface area contributed by atoms with Gasteiger partial charge < -0.3 is 9.66 Å². The Labute approximate surface area is 273 Å². The van der Waals surface area contributed by atoms with E-state index < -0.39 is 62.4 Å². The lowest BCUT2D eigenvalue weighted by atomic mass is 9.50. The highest BCUT2D eigenvalue weighted by molar-refractivity contribution is 7.97. The van der Waals surface area contributed by atoms with Gasteiger partial charge in [-0.1, -0.05) is 65.4 Å². The molecule has 0 heterocycles. The Morgan fingerprint density at radius 3 is 2.28 bits per heavy atom. The van der Waals surface area contributed by atoms with E-state index in [1.54, 1.807) is 42.5 Å². The Balaban J connectivity index is 1.37. The number of aliphatic hydroxyl groups is 1. The molecular formula is C34H38F5NO5S2. The molecule has 0 saturated heterocycles. The average molecular weight is 700 g/mol. The number of ketones is 1. The fourth-order valence-corrected chi connectivity index (χ4v) is 11.6. The summed E-state index contributed by atoms with van der Waals surface area (Å²) in [4.78, 5) is 12.2. The summed E-state index contributed by atoms with van der Waals surface area (Å²) in [5.41, 5.74) is -0.153. The number of halogens is 5. The monoisotopic (exact) mass is 699 g/mol. The summed E-state index contributed by atoms with van der Waals surface area (Å²) >= 11 is 0. The number of hydrogen-bond acceptors (Lipinski definition) is 4. The quantitative estimate of drug-likeness (QED) is 0.305. The second-order valence-electron chi connectivity index (χ2n) is 13.7. The Morgan fingerprint density at radius 1 is 0.979 bits per heavy atom. The average Bonchev–Trinajstić information content (AvgIpc) is 3.27. The van der Waals surface area contributed by atoms with E-state index in [1.165, 1.54) is 19.1 Å². The fraction of sp³-hybridized carbons (Fsp3) is 0.500. The number of rotatable bonds is 6. The topological polar surface area (TPSA) is 104 Å². The molecule has 256 valence electrons. The first-order valence-electron chi connectivity index (χ1n) is 15.7. The molecular weight excluding hydrogens is 661 g/mol. The fourth-order valence-electron chi connectivity index (χ4n) is 8.70. The van der Waals surface area contributed by atoms with Gasteiger partial charge in [0, 0.05) is 23.5 Å². The second kappa shape index (κ2) is 11.7. The molecule has 4 aliphatic rings. The number of benzene rings is 2. The van der Waals surface area contributed by atoms with Gasteiger partial charge in [0.05, 0.1) is 4.90 Å². The molecule has 0 aliphatic heterocycles. The van der Waals surface area contributed by atoms with Crippen LogP contribution >= 0.6 is 0 Å². The van der Waals surface area contributed by atoms with Gasteiger partial charge in [-0.3, -0.25) is 4.79 Å². The molecule has 0 radical (unpaired) electrons. The van der Waals surface area contributed by atoms with Crippen molar-refractivity contribution in [3.05, 3.63) is 88.0 Å². The summed E-state index contributed by atoms with van der Waals surface area (Å²) < 4.78 is 112. The maximum atomic E-state index is 15.2. The molecule has 0 spiro atoms. The summed E-state index contributed by atoms with van der Waals surface area (Å²) in [6.45, 7) is 3.19. The number of nitrogens with zero attached hydrogens (tertiary/aromatic N) is 1. The third-order valence-corrected chi connectivity index (χ3v) is 14.4. The Kier molecular flexibility index (Phi) is 8.50. The van der Waals surface area contributed by atoms with E-state index in [1.807, 2.05) is 6.92 Å². The van der Waals surface area contributed by atoms with Crippen molar-refractivity contribution in [1.82, 2.24) is 0 Å². The summed E-state index contributed by atoms with van der Waals surface area (Å²) in [5, 5.41) is 11.4. The normalized spacial score (nSPS) is 30.8. The number of sulfonamides is 1. The maximum Gasteiger partial charge on any atom is 0.456 e. The highest BCUT2D eigenvalue weighted by atomic mass is 32.3. The van der Waals surface area contributed by atoms with E-state index in [-0.39, 0.29) is 41.6 Å². The van der Waals surface area contributed by atoms with Gasteiger partial charge in [-0.25, -0.2) is 0 Å². The van der Waals surface area contributed by atoms with Crippen LogP contribution in [-0.4, -0.2) is 41.6 Å². The van der Waals surface area contributed by atoms with Gasteiger partial charge in [0.1, 0.15) is 5.60 Å². The van der Waals surface area contributed by atoms with Gasteiger partial charge in [0.2, 0.25) is 0 Å². The van der Waals surface area contributed by atoms with Crippen molar-refractivity contribution in [2.24, 2.45) is 21.0 Å². The zero-order valence-corrected chi connectivity index (χ0v) is 27.8. The van der Waals surface area contributed by atoms with Gasteiger partial charge in [0.25, 0.3) is 10.0 Å². The lowest BCUT2D eigenvalue weighted by Crippen LogP contribution is -2.65. The first kappa shape index (κ1) is 34.1. The van der Waals surface area contributed by atoms with E-state index >= 15 is 8.78 Å². The summed E-state index contributed by atoms with van der Waals surface area (Å²) in [5.74, 6) is -6.89. The number of hydrogen-bond donors (Lipinski definition) is 2. The smallest absolute Gasteiger partial charge is 0.383 e. The Morgan fingerprint density at radius 2 is 1.64 bits per heavy atom. The highest BCUT2D eigenvalue weighted by Crippen LogP contribution is 2.70. The van der Waals surface area contributed by atoms with Crippen LogP contribution < -0.4 is 0 Å². The molecule has 2 saturated carbocycles. The minimum atomic E-state index is -5.93. The summed E-state index contributed by atoms with van der Waals surface area (Å²) in [6, 6.07) is 12.9. The molecule has 2 aromatic rings. The van der Waals surface area contributed by atoms with Crippen LogP contribution in [0, 0.1) is 24.2 Å². The van der Waals surface area contributed by atoms with Crippen molar-refractivity contribution >= 4 is 26.8 Å². The van der Waals surface area contributed by atoms with Crippen molar-refractivity contribution in [1.29, 1.82) is 0 Å². The molecule has 2 aromatic carbocycles. The molecule has 13 heteroatoms. The molecule has 0 bridgehead atoms. The summed E-state index contributed by atoms with van der Waals surface area (Å²) in [7, 11) is -6.81. The predicted molar refractivity (Wildman–Crippen MR) is 170 cm³/mol. The van der Waals surface area contributed by atoms with E-state index in [0.29, 0.717) is 30.4 Å². The number of fused-ring (bicyclic) bond motifs is 4. The first-order chi connectivity index (χ1) is 21.9. The number of alkyl halides is 5. The van der Waals surface area contributed by atoms with E-state index in [2.05, 4.69) is 3.77 Å². The second-order valence-corrected chi connectivity index (χ2v) is 17.0. The molecule has 0 amide bonds. The predicted octanol–water partition coefficient (Wildman–Crippen LogP) is 7.45. The van der Waals surface area contributed by atoms with Crippen LogP contribution in [0.3, 0.4) is 0 Å². The highest BCUT2D eigenvalue weighted by Gasteiger charge is 2.79.